The Morgan fingerprint density at radius 3 is 1.22 bits per heavy atom. The molecule has 0 aromatic heterocycles. The van der Waals surface area contributed by atoms with Crippen molar-refractivity contribution < 1.29 is 64.6 Å². The first-order chi connectivity index (χ1) is 41.6. The second-order valence-electron chi connectivity index (χ2n) is 25.0. The molecule has 0 aliphatic carbocycles. The molecule has 2 fully saturated rings. The van der Waals surface area contributed by atoms with E-state index >= 15 is 0 Å². The number of carbonyl (C=O) groups is 1. The Bertz CT molecular complexity index is 1610. The zero-order valence-corrected chi connectivity index (χ0v) is 54.1. The monoisotopic (exact) mass is 1210 g/mol. The maximum absolute atomic E-state index is 13.3. The summed E-state index contributed by atoms with van der Waals surface area (Å²) in [6.45, 7) is 2.81. The van der Waals surface area contributed by atoms with Crippen LogP contribution in [0.3, 0.4) is 0 Å². The molecule has 498 valence electrons. The summed E-state index contributed by atoms with van der Waals surface area (Å²) in [5.41, 5.74) is 0. The van der Waals surface area contributed by atoms with Crippen LogP contribution in [0.25, 0.3) is 0 Å². The SMILES string of the molecule is CCCCCCC/C=C\C/C=C\CCCCCCCCCCCCCCCC(=O)NC(COC1OC(CO)C(OC2OC(CO)C(O)C(O)C2O)C(O)C1O)C(O)/C=C/CC/C=C/CCCCCCCCCCCCCCCCCCCCCC. The van der Waals surface area contributed by atoms with E-state index in [0.717, 1.165) is 38.5 Å². The average Bonchev–Trinajstić information content (AvgIpc) is 3.29. The van der Waals surface area contributed by atoms with Crippen molar-refractivity contribution in [3.05, 3.63) is 48.6 Å². The number of amides is 1. The summed E-state index contributed by atoms with van der Waals surface area (Å²) in [6, 6.07) is -0.934. The summed E-state index contributed by atoms with van der Waals surface area (Å²) in [7, 11) is 0. The lowest BCUT2D eigenvalue weighted by molar-refractivity contribution is -0.359. The Morgan fingerprint density at radius 1 is 0.424 bits per heavy atom. The van der Waals surface area contributed by atoms with Gasteiger partial charge in [0.05, 0.1) is 32.0 Å². The molecular formula is C71H131NO13. The smallest absolute Gasteiger partial charge is 0.220 e. The van der Waals surface area contributed by atoms with E-state index in [0.29, 0.717) is 12.8 Å². The van der Waals surface area contributed by atoms with Gasteiger partial charge in [0.25, 0.3) is 0 Å². The van der Waals surface area contributed by atoms with Crippen LogP contribution in [-0.4, -0.2) is 140 Å². The van der Waals surface area contributed by atoms with Crippen LogP contribution >= 0.6 is 0 Å². The minimum absolute atomic E-state index is 0.247. The maximum atomic E-state index is 13.3. The molecular weight excluding hydrogens is 1070 g/mol. The Kier molecular flexibility index (Phi) is 52.1. The van der Waals surface area contributed by atoms with Gasteiger partial charge in [-0.3, -0.25) is 4.79 Å². The molecule has 2 heterocycles. The third-order valence-corrected chi connectivity index (χ3v) is 17.2. The van der Waals surface area contributed by atoms with Crippen molar-refractivity contribution in [2.45, 2.75) is 376 Å². The maximum Gasteiger partial charge on any atom is 0.220 e. The quantitative estimate of drug-likeness (QED) is 0.0204. The second kappa shape index (κ2) is 56.0. The second-order valence-corrected chi connectivity index (χ2v) is 25.0. The zero-order chi connectivity index (χ0) is 61.6. The van der Waals surface area contributed by atoms with Gasteiger partial charge in [-0.05, 0) is 64.2 Å². The van der Waals surface area contributed by atoms with Gasteiger partial charge in [0.1, 0.15) is 48.8 Å². The molecule has 12 atom stereocenters. The lowest BCUT2D eigenvalue weighted by Gasteiger charge is -2.46. The molecule has 0 aromatic carbocycles. The molecule has 2 saturated heterocycles. The largest absolute Gasteiger partial charge is 0.394 e. The van der Waals surface area contributed by atoms with Crippen molar-refractivity contribution in [3.63, 3.8) is 0 Å². The standard InChI is InChI=1S/C71H131NO13/c1-3-5-7-9-11-13-15-17-19-21-23-25-27-29-31-32-34-36-38-40-42-44-46-48-50-52-54-60(75)59(58-82-70-68(81)66(79)69(62(57-74)84-70)85-71-67(80)65(78)64(77)61(56-73)83-71)72-63(76)55-53-51-49-47-45-43-41-39-37-35-33-30-28-26-24-22-20-18-16-14-12-10-8-6-4-2/h16,18,22,24,44,46,52,54,59-62,64-71,73-75,77-81H,3-15,17,19-21,23,25-43,45,47-51,53,55-58H2,1-2H3,(H,72,76)/b18-16-,24-22-,46-44+,54-52+. The van der Waals surface area contributed by atoms with Crippen molar-refractivity contribution in [2.75, 3.05) is 19.8 Å². The fourth-order valence-corrected chi connectivity index (χ4v) is 11.6. The van der Waals surface area contributed by atoms with E-state index < -0.39 is 86.8 Å². The van der Waals surface area contributed by atoms with Crippen LogP contribution in [0.2, 0.25) is 0 Å². The number of aliphatic hydroxyl groups excluding tert-OH is 8. The number of nitrogens with one attached hydrogen (secondary N) is 1. The highest BCUT2D eigenvalue weighted by molar-refractivity contribution is 5.76. The third-order valence-electron chi connectivity index (χ3n) is 17.2. The van der Waals surface area contributed by atoms with Gasteiger partial charge in [-0.15, -0.1) is 0 Å². The highest BCUT2D eigenvalue weighted by Crippen LogP contribution is 2.30. The van der Waals surface area contributed by atoms with E-state index in [2.05, 4.69) is 55.6 Å². The fourth-order valence-electron chi connectivity index (χ4n) is 11.6. The number of rotatable bonds is 58. The van der Waals surface area contributed by atoms with Crippen LogP contribution in [0.1, 0.15) is 303 Å². The Morgan fingerprint density at radius 2 is 0.788 bits per heavy atom. The van der Waals surface area contributed by atoms with Gasteiger partial charge in [0.15, 0.2) is 12.6 Å². The molecule has 2 aliphatic rings. The Hall–Kier alpha value is -2.05. The summed E-state index contributed by atoms with van der Waals surface area (Å²) in [5, 5.41) is 87.4. The van der Waals surface area contributed by atoms with E-state index in [4.69, 9.17) is 18.9 Å². The number of carbonyl (C=O) groups excluding carboxylic acids is 1. The van der Waals surface area contributed by atoms with Gasteiger partial charge in [-0.1, -0.05) is 281 Å². The molecule has 0 spiro atoms. The van der Waals surface area contributed by atoms with Gasteiger partial charge >= 0.3 is 0 Å². The van der Waals surface area contributed by atoms with Gasteiger partial charge in [0.2, 0.25) is 5.91 Å². The van der Waals surface area contributed by atoms with Gasteiger partial charge in [0, 0.05) is 6.42 Å². The van der Waals surface area contributed by atoms with Gasteiger partial charge < -0.3 is 65.1 Å². The third kappa shape index (κ3) is 40.3. The molecule has 14 heteroatoms. The van der Waals surface area contributed by atoms with Crippen LogP contribution in [-0.2, 0) is 23.7 Å². The molecule has 0 radical (unpaired) electrons. The Balaban J connectivity index is 1.70. The predicted octanol–water partition coefficient (Wildman–Crippen LogP) is 14.3. The molecule has 12 unspecified atom stereocenters. The van der Waals surface area contributed by atoms with Gasteiger partial charge in [-0.25, -0.2) is 0 Å². The number of allylic oxidation sites excluding steroid dienone is 7. The molecule has 85 heavy (non-hydrogen) atoms. The van der Waals surface area contributed by atoms with E-state index in [1.54, 1.807) is 6.08 Å². The Labute approximate surface area is 518 Å². The van der Waals surface area contributed by atoms with E-state index in [-0.39, 0.29) is 18.9 Å². The highest BCUT2D eigenvalue weighted by atomic mass is 16.7. The molecule has 0 saturated carbocycles. The summed E-state index contributed by atoms with van der Waals surface area (Å²) >= 11 is 0. The van der Waals surface area contributed by atoms with Crippen LogP contribution in [0, 0.1) is 0 Å². The number of hydrogen-bond donors (Lipinski definition) is 9. The first-order valence-corrected chi connectivity index (χ1v) is 35.4. The summed E-state index contributed by atoms with van der Waals surface area (Å²) in [4.78, 5) is 13.3. The van der Waals surface area contributed by atoms with Crippen LogP contribution < -0.4 is 5.32 Å². The van der Waals surface area contributed by atoms with Crippen molar-refractivity contribution >= 4 is 5.91 Å². The van der Waals surface area contributed by atoms with Crippen LogP contribution in [0.4, 0.5) is 0 Å². The number of unbranched alkanes of at least 4 members (excludes halogenated alkanes) is 39. The molecule has 2 aliphatic heterocycles. The lowest BCUT2D eigenvalue weighted by atomic mass is 9.97. The topological polar surface area (TPSA) is 228 Å². The highest BCUT2D eigenvalue weighted by Gasteiger charge is 2.51. The minimum Gasteiger partial charge on any atom is -0.394 e. The van der Waals surface area contributed by atoms with E-state index in [9.17, 15) is 45.6 Å². The fraction of sp³-hybridized carbons (Fsp3) is 0.873. The summed E-state index contributed by atoms with van der Waals surface area (Å²) < 4.78 is 22.8. The van der Waals surface area contributed by atoms with Crippen LogP contribution in [0.5, 0.6) is 0 Å². The van der Waals surface area contributed by atoms with Crippen molar-refractivity contribution in [1.82, 2.24) is 5.32 Å². The molecule has 14 nitrogen and oxygen atoms in total. The lowest BCUT2D eigenvalue weighted by Crippen LogP contribution is -2.65. The number of aliphatic hydroxyl groups is 8. The molecule has 1 amide bonds. The number of hydrogen-bond acceptors (Lipinski definition) is 13. The van der Waals surface area contributed by atoms with E-state index in [1.165, 1.54) is 231 Å². The normalized spacial score (nSPS) is 23.8. The van der Waals surface area contributed by atoms with Crippen molar-refractivity contribution in [2.24, 2.45) is 0 Å². The minimum atomic E-state index is -1.79. The zero-order valence-electron chi connectivity index (χ0n) is 54.1. The van der Waals surface area contributed by atoms with Crippen LogP contribution in [0.15, 0.2) is 48.6 Å². The molecule has 0 aromatic rings. The van der Waals surface area contributed by atoms with Gasteiger partial charge in [-0.2, -0.15) is 0 Å². The van der Waals surface area contributed by atoms with E-state index in [1.807, 2.05) is 6.08 Å². The van der Waals surface area contributed by atoms with Crippen molar-refractivity contribution in [1.29, 1.82) is 0 Å². The first kappa shape index (κ1) is 79.0. The molecule has 9 N–H and O–H groups in total. The molecule has 2 rings (SSSR count). The summed E-state index contributed by atoms with van der Waals surface area (Å²) in [5.74, 6) is -0.247. The predicted molar refractivity (Wildman–Crippen MR) is 346 cm³/mol. The molecule has 0 bridgehead atoms. The number of ether oxygens (including phenoxy) is 4. The average molecular weight is 1210 g/mol. The first-order valence-electron chi connectivity index (χ1n) is 35.4. The summed E-state index contributed by atoms with van der Waals surface area (Å²) in [6.07, 6.45) is 55.9. The van der Waals surface area contributed by atoms with Crippen molar-refractivity contribution in [3.8, 4) is 0 Å².